The van der Waals surface area contributed by atoms with E-state index >= 15 is 0 Å². The summed E-state index contributed by atoms with van der Waals surface area (Å²) >= 11 is 7.92. The first-order valence-corrected chi connectivity index (χ1v) is 32.0. The van der Waals surface area contributed by atoms with Gasteiger partial charge in [-0.05, 0) is 96.2 Å². The van der Waals surface area contributed by atoms with E-state index in [2.05, 4.69) is 120 Å². The third kappa shape index (κ3) is 30.4. The normalized spacial score (nSPS) is 12.4. The van der Waals surface area contributed by atoms with Crippen LogP contribution in [0.3, 0.4) is 0 Å². The van der Waals surface area contributed by atoms with Crippen LogP contribution in [0.4, 0.5) is 0 Å². The van der Waals surface area contributed by atoms with Crippen LogP contribution in [0.1, 0.15) is 285 Å². The fourth-order valence-electron chi connectivity index (χ4n) is 10.5. The SMILES string of the molecule is CCCCCCCCCCCCC(CCCCCCCCCC)COc1ccc(-c2cc(Br)c(-c3ccc(OCC(CCCCCCCCCC)CCCCCCCCCCCC)cc3)cc2Br)cc1. The molecule has 0 aliphatic carbocycles. The van der Waals surface area contributed by atoms with Crippen molar-refractivity contribution in [2.45, 2.75) is 285 Å². The average Bonchev–Trinajstić information content (AvgIpc) is 3.37. The molecule has 2 atom stereocenters. The molecule has 3 aromatic rings. The monoisotopic (exact) mass is 1090 g/mol. The second-order valence-electron chi connectivity index (χ2n) is 21.7. The highest BCUT2D eigenvalue weighted by molar-refractivity contribution is 9.11. The van der Waals surface area contributed by atoms with Crippen LogP contribution in [-0.4, -0.2) is 13.2 Å². The van der Waals surface area contributed by atoms with Crippen LogP contribution in [0.2, 0.25) is 0 Å². The van der Waals surface area contributed by atoms with Crippen molar-refractivity contribution in [2.24, 2.45) is 11.8 Å². The molecule has 0 N–H and O–H groups in total. The minimum Gasteiger partial charge on any atom is -0.493 e. The molecule has 0 aliphatic heterocycles. The van der Waals surface area contributed by atoms with Crippen molar-refractivity contribution in [3.63, 3.8) is 0 Å². The van der Waals surface area contributed by atoms with E-state index in [-0.39, 0.29) is 0 Å². The van der Waals surface area contributed by atoms with Crippen LogP contribution in [-0.2, 0) is 0 Å². The first-order chi connectivity index (χ1) is 34.5. The van der Waals surface area contributed by atoms with E-state index < -0.39 is 0 Å². The Morgan fingerprint density at radius 1 is 0.300 bits per heavy atom. The third-order valence-corrected chi connectivity index (χ3v) is 16.5. The van der Waals surface area contributed by atoms with Gasteiger partial charge in [0.25, 0.3) is 0 Å². The molecule has 0 aromatic heterocycles. The minimum absolute atomic E-state index is 0.646. The number of hydrogen-bond donors (Lipinski definition) is 0. The van der Waals surface area contributed by atoms with E-state index in [1.165, 1.54) is 279 Å². The number of ether oxygens (including phenoxy) is 2. The van der Waals surface area contributed by atoms with Gasteiger partial charge in [-0.25, -0.2) is 0 Å². The maximum atomic E-state index is 6.55. The molecule has 398 valence electrons. The summed E-state index contributed by atoms with van der Waals surface area (Å²) in [5, 5.41) is 0. The van der Waals surface area contributed by atoms with Crippen molar-refractivity contribution in [1.29, 1.82) is 0 Å². The van der Waals surface area contributed by atoms with Gasteiger partial charge in [0.15, 0.2) is 0 Å². The van der Waals surface area contributed by atoms with Crippen molar-refractivity contribution in [3.8, 4) is 33.8 Å². The van der Waals surface area contributed by atoms with Crippen molar-refractivity contribution in [3.05, 3.63) is 69.6 Å². The largest absolute Gasteiger partial charge is 0.493 e. The van der Waals surface area contributed by atoms with Crippen LogP contribution in [0.5, 0.6) is 11.5 Å². The second-order valence-corrected chi connectivity index (χ2v) is 23.4. The fourth-order valence-corrected chi connectivity index (χ4v) is 11.6. The first kappa shape index (κ1) is 62.5. The van der Waals surface area contributed by atoms with Gasteiger partial charge in [0.2, 0.25) is 0 Å². The summed E-state index contributed by atoms with van der Waals surface area (Å²) in [7, 11) is 0. The van der Waals surface area contributed by atoms with Gasteiger partial charge in [0, 0.05) is 8.95 Å². The Balaban J connectivity index is 1.51. The van der Waals surface area contributed by atoms with Gasteiger partial charge in [-0.2, -0.15) is 0 Å². The Labute approximate surface area is 451 Å². The summed E-state index contributed by atoms with van der Waals surface area (Å²) in [5.41, 5.74) is 4.74. The molecule has 3 aromatic carbocycles. The highest BCUT2D eigenvalue weighted by Crippen LogP contribution is 2.39. The van der Waals surface area contributed by atoms with E-state index in [1.807, 2.05) is 0 Å². The highest BCUT2D eigenvalue weighted by Gasteiger charge is 2.15. The third-order valence-electron chi connectivity index (χ3n) is 15.2. The van der Waals surface area contributed by atoms with E-state index in [0.717, 1.165) is 33.7 Å². The summed E-state index contributed by atoms with van der Waals surface area (Å²) in [6, 6.07) is 22.1. The number of benzene rings is 3. The molecule has 0 fully saturated rings. The molecule has 2 unspecified atom stereocenters. The lowest BCUT2D eigenvalue weighted by atomic mass is 9.94. The standard InChI is InChI=1S/C66H108Br2O2/c1-5-9-13-17-21-25-27-31-35-39-43-57(41-37-33-29-23-19-15-11-7-3)55-69-61-49-45-59(46-50-61)63-53-66(68)64(54-65(63)67)60-47-51-62(52-48-60)70-56-58(42-38-34-30-24-20-16-12-8-4)44-40-36-32-28-26-22-18-14-10-6-2/h45-54,57-58H,5-44,55-56H2,1-4H3. The van der Waals surface area contributed by atoms with E-state index in [0.29, 0.717) is 11.8 Å². The highest BCUT2D eigenvalue weighted by atomic mass is 79.9. The smallest absolute Gasteiger partial charge is 0.119 e. The molecule has 0 aliphatic rings. The van der Waals surface area contributed by atoms with Crippen LogP contribution in [0.15, 0.2) is 69.6 Å². The van der Waals surface area contributed by atoms with E-state index in [4.69, 9.17) is 9.47 Å². The Kier molecular flexibility index (Phi) is 38.9. The van der Waals surface area contributed by atoms with Crippen LogP contribution in [0, 0.1) is 11.8 Å². The van der Waals surface area contributed by atoms with Gasteiger partial charge < -0.3 is 9.47 Å². The van der Waals surface area contributed by atoms with Crippen molar-refractivity contribution in [2.75, 3.05) is 13.2 Å². The molecule has 3 rings (SSSR count). The fraction of sp³-hybridized carbons (Fsp3) is 0.727. The molecule has 0 amide bonds. The zero-order chi connectivity index (χ0) is 50.0. The zero-order valence-electron chi connectivity index (χ0n) is 46.2. The van der Waals surface area contributed by atoms with E-state index in [1.54, 1.807) is 0 Å². The molecular formula is C66H108Br2O2. The van der Waals surface area contributed by atoms with Gasteiger partial charge in [0.1, 0.15) is 11.5 Å². The molecule has 0 bridgehead atoms. The maximum absolute atomic E-state index is 6.55. The lowest BCUT2D eigenvalue weighted by Crippen LogP contribution is -2.12. The quantitative estimate of drug-likeness (QED) is 0.0525. The summed E-state index contributed by atoms with van der Waals surface area (Å²) in [4.78, 5) is 0. The lowest BCUT2D eigenvalue weighted by molar-refractivity contribution is 0.224. The van der Waals surface area contributed by atoms with Gasteiger partial charge >= 0.3 is 0 Å². The Bertz CT molecular complexity index is 1500. The summed E-state index contributed by atoms with van der Waals surface area (Å²) < 4.78 is 15.3. The molecular weight excluding hydrogens is 985 g/mol. The molecule has 0 spiro atoms. The van der Waals surface area contributed by atoms with Crippen molar-refractivity contribution >= 4 is 31.9 Å². The maximum Gasteiger partial charge on any atom is 0.119 e. The summed E-state index contributed by atoms with van der Waals surface area (Å²) in [6.45, 7) is 10.9. The molecule has 4 heteroatoms. The predicted octanol–water partition coefficient (Wildman–Crippen LogP) is 24.2. The molecule has 70 heavy (non-hydrogen) atoms. The van der Waals surface area contributed by atoms with Crippen LogP contribution in [0.25, 0.3) is 22.3 Å². The van der Waals surface area contributed by atoms with Gasteiger partial charge in [-0.1, -0.05) is 315 Å². The number of rotatable bonds is 48. The van der Waals surface area contributed by atoms with Gasteiger partial charge in [0.05, 0.1) is 13.2 Å². The van der Waals surface area contributed by atoms with Crippen molar-refractivity contribution in [1.82, 2.24) is 0 Å². The summed E-state index contributed by atoms with van der Waals surface area (Å²) in [6.07, 6.45) is 55.3. The second kappa shape index (κ2) is 43.6. The molecule has 0 heterocycles. The topological polar surface area (TPSA) is 18.5 Å². The number of unbranched alkanes of at least 4 members (excludes halogenated alkanes) is 32. The zero-order valence-corrected chi connectivity index (χ0v) is 49.4. The summed E-state index contributed by atoms with van der Waals surface area (Å²) in [5.74, 6) is 3.26. The Morgan fingerprint density at radius 2 is 0.514 bits per heavy atom. The molecule has 0 radical (unpaired) electrons. The lowest BCUT2D eigenvalue weighted by Gasteiger charge is -2.18. The van der Waals surface area contributed by atoms with E-state index in [9.17, 15) is 0 Å². The minimum atomic E-state index is 0.646. The molecule has 0 saturated heterocycles. The average molecular weight is 1090 g/mol. The predicted molar refractivity (Wildman–Crippen MR) is 318 cm³/mol. The Hall–Kier alpha value is -1.78. The van der Waals surface area contributed by atoms with Gasteiger partial charge in [-0.3, -0.25) is 0 Å². The van der Waals surface area contributed by atoms with Crippen LogP contribution < -0.4 is 9.47 Å². The number of hydrogen-bond acceptors (Lipinski definition) is 2. The number of halogens is 2. The molecule has 2 nitrogen and oxygen atoms in total. The van der Waals surface area contributed by atoms with Gasteiger partial charge in [-0.15, -0.1) is 0 Å². The van der Waals surface area contributed by atoms with Crippen molar-refractivity contribution < 1.29 is 9.47 Å². The molecule has 0 saturated carbocycles. The first-order valence-electron chi connectivity index (χ1n) is 30.4. The van der Waals surface area contributed by atoms with Crippen LogP contribution >= 0.6 is 31.9 Å². The Morgan fingerprint density at radius 3 is 0.743 bits per heavy atom.